The minimum absolute atomic E-state index is 0.211. The van der Waals surface area contributed by atoms with Crippen LogP contribution >= 0.6 is 0 Å². The number of hydrogen-bond donors (Lipinski definition) is 0. The van der Waals surface area contributed by atoms with Crippen molar-refractivity contribution in [3.8, 4) is 0 Å². The highest BCUT2D eigenvalue weighted by Crippen LogP contribution is 2.29. The van der Waals surface area contributed by atoms with Crippen molar-refractivity contribution in [1.29, 1.82) is 0 Å². The van der Waals surface area contributed by atoms with Crippen LogP contribution in [-0.4, -0.2) is 40.4 Å². The fraction of sp³-hybridized carbons (Fsp3) is 0.762. The minimum Gasteiger partial charge on any atom is -0.296 e. The summed E-state index contributed by atoms with van der Waals surface area (Å²) in [5.41, 5.74) is 2.21. The molecule has 1 amide bonds. The summed E-state index contributed by atoms with van der Waals surface area (Å²) in [6.45, 7) is 8.00. The van der Waals surface area contributed by atoms with Crippen molar-refractivity contribution in [2.24, 2.45) is 5.92 Å². The Morgan fingerprint density at radius 2 is 1.88 bits per heavy atom. The third-order valence-electron chi connectivity index (χ3n) is 5.90. The van der Waals surface area contributed by atoms with Gasteiger partial charge in [-0.05, 0) is 45.6 Å². The largest absolute Gasteiger partial charge is 0.296 e. The van der Waals surface area contributed by atoms with E-state index in [0.717, 1.165) is 48.8 Å². The maximum Gasteiger partial charge on any atom is 0.228 e. The molecule has 2 aliphatic rings. The van der Waals surface area contributed by atoms with Crippen LogP contribution in [0, 0.1) is 12.8 Å². The molecule has 0 bridgehead atoms. The third kappa shape index (κ3) is 4.43. The predicted molar refractivity (Wildman–Crippen MR) is 105 cm³/mol. The fourth-order valence-electron chi connectivity index (χ4n) is 4.20. The molecule has 0 unspecified atom stereocenters. The van der Waals surface area contributed by atoms with Crippen LogP contribution in [0.15, 0.2) is 0 Å². The van der Waals surface area contributed by atoms with Gasteiger partial charge in [0.25, 0.3) is 0 Å². The van der Waals surface area contributed by atoms with Gasteiger partial charge in [-0.3, -0.25) is 14.6 Å². The van der Waals surface area contributed by atoms with Gasteiger partial charge in [0.2, 0.25) is 5.91 Å². The molecule has 0 aromatic carbocycles. The van der Waals surface area contributed by atoms with E-state index in [4.69, 9.17) is 9.97 Å². The van der Waals surface area contributed by atoms with Crippen molar-refractivity contribution in [2.45, 2.75) is 84.7 Å². The van der Waals surface area contributed by atoms with Gasteiger partial charge in [-0.15, -0.1) is 0 Å². The normalized spacial score (nSPS) is 18.7. The van der Waals surface area contributed by atoms with Crippen LogP contribution in [0.3, 0.4) is 0 Å². The Bertz CT molecular complexity index is 637. The van der Waals surface area contributed by atoms with E-state index in [2.05, 4.69) is 32.7 Å². The van der Waals surface area contributed by atoms with E-state index >= 15 is 0 Å². The van der Waals surface area contributed by atoms with E-state index in [1.54, 1.807) is 0 Å². The number of anilines is 1. The lowest BCUT2D eigenvalue weighted by Gasteiger charge is -2.32. The number of carbonyl (C=O) groups is 1. The SMILES string of the molecule is Cc1nc(CN(C)C2CCCCC2)nc2c1CCC(=O)N2CCC(C)C. The summed E-state index contributed by atoms with van der Waals surface area (Å²) >= 11 is 0. The third-order valence-corrected chi connectivity index (χ3v) is 5.90. The van der Waals surface area contributed by atoms with Gasteiger partial charge in [-0.1, -0.05) is 33.1 Å². The predicted octanol–water partition coefficient (Wildman–Crippen LogP) is 3.87. The number of rotatable bonds is 6. The highest BCUT2D eigenvalue weighted by Gasteiger charge is 2.28. The van der Waals surface area contributed by atoms with E-state index < -0.39 is 0 Å². The summed E-state index contributed by atoms with van der Waals surface area (Å²) in [7, 11) is 2.19. The van der Waals surface area contributed by atoms with E-state index in [1.807, 2.05) is 4.90 Å². The lowest BCUT2D eigenvalue weighted by Crippen LogP contribution is -2.38. The summed E-state index contributed by atoms with van der Waals surface area (Å²) in [5, 5.41) is 0. The number of aryl methyl sites for hydroxylation is 1. The van der Waals surface area contributed by atoms with Crippen LogP contribution in [0.2, 0.25) is 0 Å². The van der Waals surface area contributed by atoms with Crippen molar-refractivity contribution in [3.05, 3.63) is 17.1 Å². The van der Waals surface area contributed by atoms with E-state index in [1.165, 1.54) is 32.1 Å². The second kappa shape index (κ2) is 8.47. The molecule has 1 saturated carbocycles. The van der Waals surface area contributed by atoms with Gasteiger partial charge in [0, 0.05) is 30.3 Å². The van der Waals surface area contributed by atoms with Crippen molar-refractivity contribution < 1.29 is 4.79 Å². The summed E-state index contributed by atoms with van der Waals surface area (Å²) in [5.74, 6) is 2.52. The molecule has 0 spiro atoms. The van der Waals surface area contributed by atoms with Gasteiger partial charge >= 0.3 is 0 Å². The molecule has 1 aromatic rings. The Labute approximate surface area is 158 Å². The Kier molecular flexibility index (Phi) is 6.28. The van der Waals surface area contributed by atoms with Gasteiger partial charge in [0.05, 0.1) is 6.54 Å². The Morgan fingerprint density at radius 3 is 2.58 bits per heavy atom. The van der Waals surface area contributed by atoms with Gasteiger partial charge in [-0.25, -0.2) is 9.97 Å². The molecule has 144 valence electrons. The van der Waals surface area contributed by atoms with Crippen LogP contribution in [-0.2, 0) is 17.8 Å². The molecule has 1 fully saturated rings. The number of carbonyl (C=O) groups excluding carboxylic acids is 1. The first-order valence-corrected chi connectivity index (χ1v) is 10.3. The standard InChI is InChI=1S/C21H34N4O/c1-15(2)12-13-25-20(26)11-10-18-16(3)22-19(23-21(18)25)14-24(4)17-8-6-5-7-9-17/h15,17H,5-14H2,1-4H3. The Balaban J connectivity index is 1.80. The summed E-state index contributed by atoms with van der Waals surface area (Å²) in [6, 6.07) is 0.641. The van der Waals surface area contributed by atoms with Gasteiger partial charge in [-0.2, -0.15) is 0 Å². The van der Waals surface area contributed by atoms with Gasteiger partial charge in [0.15, 0.2) is 0 Å². The number of nitrogens with zero attached hydrogens (tertiary/aromatic N) is 4. The molecule has 26 heavy (non-hydrogen) atoms. The van der Waals surface area contributed by atoms with Crippen LogP contribution in [0.1, 0.15) is 75.9 Å². The number of fused-ring (bicyclic) bond motifs is 1. The number of aromatic nitrogens is 2. The first-order chi connectivity index (χ1) is 12.5. The molecule has 5 nitrogen and oxygen atoms in total. The van der Waals surface area contributed by atoms with Crippen molar-refractivity contribution in [1.82, 2.24) is 14.9 Å². The van der Waals surface area contributed by atoms with Crippen LogP contribution < -0.4 is 4.90 Å². The summed E-state index contributed by atoms with van der Waals surface area (Å²) in [4.78, 5) is 26.5. The van der Waals surface area contributed by atoms with E-state index in [9.17, 15) is 4.79 Å². The molecule has 2 heterocycles. The Morgan fingerprint density at radius 1 is 1.15 bits per heavy atom. The quantitative estimate of drug-likeness (QED) is 0.774. The minimum atomic E-state index is 0.211. The second-order valence-corrected chi connectivity index (χ2v) is 8.46. The van der Waals surface area contributed by atoms with Crippen LogP contribution in [0.25, 0.3) is 0 Å². The van der Waals surface area contributed by atoms with Gasteiger partial charge < -0.3 is 0 Å². The van der Waals surface area contributed by atoms with E-state index in [0.29, 0.717) is 18.4 Å². The maximum absolute atomic E-state index is 12.5. The molecule has 0 saturated heterocycles. The fourth-order valence-corrected chi connectivity index (χ4v) is 4.20. The summed E-state index contributed by atoms with van der Waals surface area (Å²) < 4.78 is 0. The van der Waals surface area contributed by atoms with Crippen molar-refractivity contribution in [2.75, 3.05) is 18.5 Å². The molecule has 0 atom stereocenters. The zero-order valence-corrected chi connectivity index (χ0v) is 16.9. The molecular weight excluding hydrogens is 324 g/mol. The Hall–Kier alpha value is -1.49. The summed E-state index contributed by atoms with van der Waals surface area (Å²) in [6.07, 6.45) is 8.94. The van der Waals surface area contributed by atoms with Crippen LogP contribution in [0.5, 0.6) is 0 Å². The number of amides is 1. The molecule has 1 aromatic heterocycles. The highest BCUT2D eigenvalue weighted by molar-refractivity contribution is 5.95. The molecule has 5 heteroatoms. The van der Waals surface area contributed by atoms with Crippen molar-refractivity contribution >= 4 is 11.7 Å². The molecule has 3 rings (SSSR count). The smallest absolute Gasteiger partial charge is 0.228 e. The lowest BCUT2D eigenvalue weighted by molar-refractivity contribution is -0.119. The van der Waals surface area contributed by atoms with E-state index in [-0.39, 0.29) is 5.91 Å². The van der Waals surface area contributed by atoms with Gasteiger partial charge in [0.1, 0.15) is 11.6 Å². The van der Waals surface area contributed by atoms with Crippen LogP contribution in [0.4, 0.5) is 5.82 Å². The molecule has 0 N–H and O–H groups in total. The average Bonchev–Trinajstić information content (AvgIpc) is 2.61. The second-order valence-electron chi connectivity index (χ2n) is 8.46. The van der Waals surface area contributed by atoms with Crippen molar-refractivity contribution in [3.63, 3.8) is 0 Å². The monoisotopic (exact) mass is 358 g/mol. The first kappa shape index (κ1) is 19.3. The number of hydrogen-bond acceptors (Lipinski definition) is 4. The molecule has 1 aliphatic heterocycles. The topological polar surface area (TPSA) is 49.3 Å². The first-order valence-electron chi connectivity index (χ1n) is 10.3. The molecular formula is C21H34N4O. The highest BCUT2D eigenvalue weighted by atomic mass is 16.2. The zero-order chi connectivity index (χ0) is 18.7. The average molecular weight is 359 g/mol. The molecule has 0 radical (unpaired) electrons. The molecule has 1 aliphatic carbocycles. The maximum atomic E-state index is 12.5. The zero-order valence-electron chi connectivity index (χ0n) is 16.9. The lowest BCUT2D eigenvalue weighted by atomic mass is 9.94.